The Morgan fingerprint density at radius 3 is 2.33 bits per heavy atom. The predicted molar refractivity (Wildman–Crippen MR) is 100 cm³/mol. The molecular formula is C19H28N4O4. The molecule has 8 heteroatoms. The van der Waals surface area contributed by atoms with Gasteiger partial charge in [-0.3, -0.25) is 0 Å². The summed E-state index contributed by atoms with van der Waals surface area (Å²) in [6, 6.07) is 0. The van der Waals surface area contributed by atoms with E-state index in [-0.39, 0.29) is 17.6 Å². The highest BCUT2D eigenvalue weighted by Crippen LogP contribution is 2.31. The number of carboxylic acids is 1. The van der Waals surface area contributed by atoms with Gasteiger partial charge in [0, 0.05) is 38.3 Å². The molecule has 0 unspecified atom stereocenters. The minimum atomic E-state index is -1.01. The molecule has 2 saturated heterocycles. The van der Waals surface area contributed by atoms with E-state index in [2.05, 4.69) is 14.9 Å². The number of carbonyl (C=O) groups is 2. The van der Waals surface area contributed by atoms with E-state index in [0.717, 1.165) is 25.9 Å². The highest BCUT2D eigenvalue weighted by atomic mass is 16.6. The highest BCUT2D eigenvalue weighted by molar-refractivity contribution is 5.88. The second-order valence-corrected chi connectivity index (χ2v) is 8.21. The molecule has 2 aliphatic heterocycles. The van der Waals surface area contributed by atoms with Gasteiger partial charge < -0.3 is 19.6 Å². The number of carbonyl (C=O) groups excluding carboxylic acids is 1. The Labute approximate surface area is 159 Å². The first-order valence-corrected chi connectivity index (χ1v) is 9.58. The third-order valence-corrected chi connectivity index (χ3v) is 4.96. The maximum Gasteiger partial charge on any atom is 0.410 e. The van der Waals surface area contributed by atoms with Gasteiger partial charge in [0.15, 0.2) is 0 Å². The molecule has 8 nitrogen and oxygen atoms in total. The van der Waals surface area contributed by atoms with Gasteiger partial charge in [0.1, 0.15) is 5.60 Å². The minimum Gasteiger partial charge on any atom is -0.478 e. The maximum absolute atomic E-state index is 12.2. The molecule has 1 N–H and O–H groups in total. The van der Waals surface area contributed by atoms with Gasteiger partial charge in [-0.2, -0.15) is 0 Å². The molecule has 0 aromatic carbocycles. The quantitative estimate of drug-likeness (QED) is 0.866. The van der Waals surface area contributed by atoms with Crippen LogP contribution in [0.5, 0.6) is 0 Å². The number of piperidine rings is 1. The fraction of sp³-hybridized carbons (Fsp3) is 0.684. The van der Waals surface area contributed by atoms with Gasteiger partial charge in [0.05, 0.1) is 11.3 Å². The zero-order valence-corrected chi connectivity index (χ0v) is 16.3. The normalized spacial score (nSPS) is 18.6. The number of aromatic nitrogens is 2. The fourth-order valence-corrected chi connectivity index (χ4v) is 3.59. The molecule has 1 aromatic rings. The molecule has 3 rings (SSSR count). The average molecular weight is 376 g/mol. The highest BCUT2D eigenvalue weighted by Gasteiger charge is 2.31. The van der Waals surface area contributed by atoms with Crippen molar-refractivity contribution in [3.8, 4) is 0 Å². The molecule has 3 heterocycles. The van der Waals surface area contributed by atoms with Crippen molar-refractivity contribution in [1.82, 2.24) is 14.9 Å². The van der Waals surface area contributed by atoms with Crippen LogP contribution in [0.25, 0.3) is 0 Å². The van der Waals surface area contributed by atoms with Crippen molar-refractivity contribution < 1.29 is 19.4 Å². The molecule has 0 saturated carbocycles. The molecule has 27 heavy (non-hydrogen) atoms. The zero-order chi connectivity index (χ0) is 19.6. The number of rotatable bonds is 3. The van der Waals surface area contributed by atoms with Gasteiger partial charge in [0.25, 0.3) is 0 Å². The van der Waals surface area contributed by atoms with E-state index in [1.54, 1.807) is 4.90 Å². The minimum absolute atomic E-state index is 0.000796. The van der Waals surface area contributed by atoms with E-state index in [1.165, 1.54) is 6.20 Å². The number of hydrogen-bond acceptors (Lipinski definition) is 6. The second kappa shape index (κ2) is 7.70. The Hall–Kier alpha value is -2.38. The van der Waals surface area contributed by atoms with E-state index in [0.29, 0.717) is 37.6 Å². The first-order chi connectivity index (χ1) is 12.7. The number of aromatic carboxylic acids is 1. The van der Waals surface area contributed by atoms with Crippen LogP contribution in [0.2, 0.25) is 0 Å². The average Bonchev–Trinajstić information content (AvgIpc) is 3.14. The summed E-state index contributed by atoms with van der Waals surface area (Å²) in [6.07, 6.45) is 4.64. The van der Waals surface area contributed by atoms with Crippen LogP contribution < -0.4 is 4.90 Å². The Kier molecular flexibility index (Phi) is 5.53. The molecule has 148 valence electrons. The molecule has 1 aromatic heterocycles. The monoisotopic (exact) mass is 376 g/mol. The van der Waals surface area contributed by atoms with Crippen molar-refractivity contribution in [3.63, 3.8) is 0 Å². The van der Waals surface area contributed by atoms with E-state index >= 15 is 0 Å². The van der Waals surface area contributed by atoms with Crippen molar-refractivity contribution in [2.75, 3.05) is 31.1 Å². The summed E-state index contributed by atoms with van der Waals surface area (Å²) in [5, 5.41) is 9.54. The summed E-state index contributed by atoms with van der Waals surface area (Å²) in [7, 11) is 0. The number of nitrogens with zero attached hydrogens (tertiary/aromatic N) is 4. The van der Waals surface area contributed by atoms with E-state index in [1.807, 2.05) is 20.8 Å². The number of hydrogen-bond donors (Lipinski definition) is 1. The lowest BCUT2D eigenvalue weighted by molar-refractivity contribution is 0.0203. The van der Waals surface area contributed by atoms with Crippen molar-refractivity contribution in [3.05, 3.63) is 17.5 Å². The molecule has 2 fully saturated rings. The van der Waals surface area contributed by atoms with Crippen LogP contribution in [-0.2, 0) is 4.74 Å². The molecule has 2 aliphatic rings. The van der Waals surface area contributed by atoms with Gasteiger partial charge in [-0.25, -0.2) is 19.6 Å². The molecular weight excluding hydrogens is 348 g/mol. The zero-order valence-electron chi connectivity index (χ0n) is 16.3. The second-order valence-electron chi connectivity index (χ2n) is 8.21. The van der Waals surface area contributed by atoms with Gasteiger partial charge in [-0.15, -0.1) is 0 Å². The number of likely N-dealkylation sites (tertiary alicyclic amines) is 1. The number of ether oxygens (including phenoxy) is 1. The third kappa shape index (κ3) is 4.67. The maximum atomic E-state index is 12.2. The Bertz CT molecular complexity index is 702. The molecule has 1 amide bonds. The lowest BCUT2D eigenvalue weighted by atomic mass is 9.91. The lowest BCUT2D eigenvalue weighted by Crippen LogP contribution is -2.41. The van der Waals surface area contributed by atoms with Crippen LogP contribution >= 0.6 is 0 Å². The van der Waals surface area contributed by atoms with Crippen LogP contribution in [0, 0.1) is 0 Å². The van der Waals surface area contributed by atoms with E-state index in [4.69, 9.17) is 4.74 Å². The van der Waals surface area contributed by atoms with Crippen LogP contribution in [-0.4, -0.2) is 63.8 Å². The number of carboxylic acid groups (broad SMARTS) is 1. The summed E-state index contributed by atoms with van der Waals surface area (Å²) in [6.45, 7) is 8.40. The first kappa shape index (κ1) is 19.4. The predicted octanol–water partition coefficient (Wildman–Crippen LogP) is 2.89. The van der Waals surface area contributed by atoms with Gasteiger partial charge in [-0.1, -0.05) is 0 Å². The van der Waals surface area contributed by atoms with Gasteiger partial charge in [-0.05, 0) is 46.5 Å². The molecule has 0 bridgehead atoms. The van der Waals surface area contributed by atoms with Gasteiger partial charge >= 0.3 is 12.1 Å². The SMILES string of the molecule is CC(C)(C)OC(=O)N1CCC(c2nc(N3CCCC3)ncc2C(=O)O)CC1. The van der Waals surface area contributed by atoms with Crippen molar-refractivity contribution in [2.45, 2.75) is 58.0 Å². The topological polar surface area (TPSA) is 95.9 Å². The number of amides is 1. The Balaban J connectivity index is 1.73. The lowest BCUT2D eigenvalue weighted by Gasteiger charge is -2.33. The standard InChI is InChI=1S/C19H28N4O4/c1-19(2,3)27-18(26)23-10-6-13(7-11-23)15-14(16(24)25)12-20-17(21-15)22-8-4-5-9-22/h12-13H,4-11H2,1-3H3,(H,24,25). The van der Waals surface area contributed by atoms with Crippen LogP contribution in [0.4, 0.5) is 10.7 Å². The van der Waals surface area contributed by atoms with Crippen LogP contribution in [0.1, 0.15) is 68.4 Å². The summed E-state index contributed by atoms with van der Waals surface area (Å²) < 4.78 is 5.43. The summed E-state index contributed by atoms with van der Waals surface area (Å²) in [5.74, 6) is -0.395. The summed E-state index contributed by atoms with van der Waals surface area (Å²) in [4.78, 5) is 36.6. The van der Waals surface area contributed by atoms with Crippen molar-refractivity contribution in [2.24, 2.45) is 0 Å². The van der Waals surface area contributed by atoms with Crippen molar-refractivity contribution in [1.29, 1.82) is 0 Å². The first-order valence-electron chi connectivity index (χ1n) is 9.58. The Morgan fingerprint density at radius 1 is 1.15 bits per heavy atom. The largest absolute Gasteiger partial charge is 0.478 e. The summed E-state index contributed by atoms with van der Waals surface area (Å²) in [5.41, 5.74) is 0.221. The number of anilines is 1. The van der Waals surface area contributed by atoms with Crippen LogP contribution in [0.15, 0.2) is 6.20 Å². The van der Waals surface area contributed by atoms with Gasteiger partial charge in [0.2, 0.25) is 5.95 Å². The van der Waals surface area contributed by atoms with E-state index < -0.39 is 11.6 Å². The summed E-state index contributed by atoms with van der Waals surface area (Å²) >= 11 is 0. The smallest absolute Gasteiger partial charge is 0.410 e. The third-order valence-electron chi connectivity index (χ3n) is 4.96. The molecule has 0 spiro atoms. The van der Waals surface area contributed by atoms with Crippen LogP contribution in [0.3, 0.4) is 0 Å². The Morgan fingerprint density at radius 2 is 1.78 bits per heavy atom. The van der Waals surface area contributed by atoms with Crippen molar-refractivity contribution >= 4 is 18.0 Å². The molecule has 0 aliphatic carbocycles. The molecule has 0 radical (unpaired) electrons. The molecule has 0 atom stereocenters. The van der Waals surface area contributed by atoms with E-state index in [9.17, 15) is 14.7 Å². The fourth-order valence-electron chi connectivity index (χ4n) is 3.59.